The zero-order valence-electron chi connectivity index (χ0n) is 12.1. The predicted molar refractivity (Wildman–Crippen MR) is 75.7 cm³/mol. The molecule has 0 bridgehead atoms. The van der Waals surface area contributed by atoms with Crippen molar-refractivity contribution in [2.45, 2.75) is 63.6 Å². The molecule has 4 atom stereocenters. The Balaban J connectivity index is 1.65. The first-order valence-corrected chi connectivity index (χ1v) is 7.95. The van der Waals surface area contributed by atoms with Crippen LogP contribution in [0.15, 0.2) is 0 Å². The number of nitrogens with two attached hydrogens (primary N) is 1. The van der Waals surface area contributed by atoms with Crippen LogP contribution in [0.2, 0.25) is 0 Å². The summed E-state index contributed by atoms with van der Waals surface area (Å²) in [6.07, 6.45) is 6.72. The van der Waals surface area contributed by atoms with E-state index < -0.39 is 0 Å². The average Bonchev–Trinajstić information content (AvgIpc) is 2.84. The molecule has 2 saturated heterocycles. The summed E-state index contributed by atoms with van der Waals surface area (Å²) in [5, 5.41) is 0. The summed E-state index contributed by atoms with van der Waals surface area (Å²) in [7, 11) is 0. The number of carbonyl (C=O) groups excluding carboxylic acids is 1. The van der Waals surface area contributed by atoms with E-state index in [-0.39, 0.29) is 12.0 Å². The van der Waals surface area contributed by atoms with E-state index in [0.717, 1.165) is 38.8 Å². The number of amides is 1. The Labute approximate surface area is 116 Å². The van der Waals surface area contributed by atoms with Gasteiger partial charge in [0.15, 0.2) is 0 Å². The number of piperazine rings is 1. The Bertz CT molecular complexity index is 346. The van der Waals surface area contributed by atoms with Gasteiger partial charge in [-0.2, -0.15) is 0 Å². The first-order chi connectivity index (χ1) is 9.15. The largest absolute Gasteiger partial charge is 0.337 e. The molecule has 0 radical (unpaired) electrons. The molecule has 4 nitrogen and oxygen atoms in total. The molecule has 0 spiro atoms. The van der Waals surface area contributed by atoms with E-state index in [4.69, 9.17) is 5.73 Å². The van der Waals surface area contributed by atoms with E-state index in [2.05, 4.69) is 16.7 Å². The van der Waals surface area contributed by atoms with Crippen molar-refractivity contribution in [2.24, 2.45) is 11.7 Å². The molecule has 1 amide bonds. The maximum atomic E-state index is 12.7. The van der Waals surface area contributed by atoms with Crippen molar-refractivity contribution >= 4 is 5.91 Å². The Morgan fingerprint density at radius 1 is 1.16 bits per heavy atom. The molecule has 2 heterocycles. The van der Waals surface area contributed by atoms with Gasteiger partial charge < -0.3 is 10.6 Å². The molecular weight excluding hydrogens is 238 g/mol. The average molecular weight is 265 g/mol. The molecule has 3 aliphatic rings. The van der Waals surface area contributed by atoms with Gasteiger partial charge in [0.2, 0.25) is 5.91 Å². The van der Waals surface area contributed by atoms with E-state index in [1.54, 1.807) is 0 Å². The molecule has 0 aromatic heterocycles. The summed E-state index contributed by atoms with van der Waals surface area (Å²) in [6, 6.07) is 1.24. The van der Waals surface area contributed by atoms with Gasteiger partial charge in [-0.1, -0.05) is 6.42 Å². The monoisotopic (exact) mass is 265 g/mol. The van der Waals surface area contributed by atoms with Gasteiger partial charge in [-0.15, -0.1) is 0 Å². The van der Waals surface area contributed by atoms with Gasteiger partial charge in [0.1, 0.15) is 0 Å². The van der Waals surface area contributed by atoms with Crippen LogP contribution in [0.5, 0.6) is 0 Å². The fourth-order valence-electron chi connectivity index (χ4n) is 4.18. The highest BCUT2D eigenvalue weighted by Crippen LogP contribution is 2.29. The third-order valence-corrected chi connectivity index (χ3v) is 5.28. The fourth-order valence-corrected chi connectivity index (χ4v) is 4.18. The summed E-state index contributed by atoms with van der Waals surface area (Å²) in [4.78, 5) is 17.5. The molecule has 3 rings (SSSR count). The molecule has 0 aromatic carbocycles. The van der Waals surface area contributed by atoms with Crippen LogP contribution in [0, 0.1) is 5.92 Å². The van der Waals surface area contributed by atoms with Crippen LogP contribution in [-0.2, 0) is 4.79 Å². The molecule has 108 valence electrons. The van der Waals surface area contributed by atoms with Gasteiger partial charge in [0.05, 0.1) is 0 Å². The molecule has 4 heteroatoms. The van der Waals surface area contributed by atoms with Crippen molar-refractivity contribution < 1.29 is 4.79 Å². The van der Waals surface area contributed by atoms with Crippen LogP contribution in [0.25, 0.3) is 0 Å². The Kier molecular flexibility index (Phi) is 3.81. The molecule has 2 N–H and O–H groups in total. The van der Waals surface area contributed by atoms with Gasteiger partial charge in [-0.05, 0) is 45.6 Å². The van der Waals surface area contributed by atoms with Gasteiger partial charge in [-0.25, -0.2) is 0 Å². The smallest absolute Gasteiger partial charge is 0.226 e. The van der Waals surface area contributed by atoms with Crippen molar-refractivity contribution in [3.05, 3.63) is 0 Å². The van der Waals surface area contributed by atoms with Gasteiger partial charge >= 0.3 is 0 Å². The van der Waals surface area contributed by atoms with Crippen LogP contribution >= 0.6 is 0 Å². The molecule has 1 saturated carbocycles. The summed E-state index contributed by atoms with van der Waals surface area (Å²) >= 11 is 0. The highest BCUT2D eigenvalue weighted by Gasteiger charge is 2.39. The second-order valence-corrected chi connectivity index (χ2v) is 6.75. The lowest BCUT2D eigenvalue weighted by molar-refractivity contribution is -0.142. The van der Waals surface area contributed by atoms with Crippen molar-refractivity contribution in [2.75, 3.05) is 19.6 Å². The van der Waals surface area contributed by atoms with Gasteiger partial charge in [-0.3, -0.25) is 9.69 Å². The zero-order valence-corrected chi connectivity index (χ0v) is 12.1. The second kappa shape index (κ2) is 5.41. The lowest BCUT2D eigenvalue weighted by Crippen LogP contribution is -2.58. The van der Waals surface area contributed by atoms with Crippen LogP contribution in [0.3, 0.4) is 0 Å². The number of fused-ring (bicyclic) bond motifs is 1. The second-order valence-electron chi connectivity index (χ2n) is 6.75. The Morgan fingerprint density at radius 2 is 2.00 bits per heavy atom. The van der Waals surface area contributed by atoms with Gasteiger partial charge in [0, 0.05) is 37.1 Å². The molecule has 19 heavy (non-hydrogen) atoms. The number of rotatable bonds is 1. The first kappa shape index (κ1) is 13.4. The maximum Gasteiger partial charge on any atom is 0.226 e. The minimum atomic E-state index is 0.194. The molecule has 2 aliphatic heterocycles. The molecule has 3 fully saturated rings. The van der Waals surface area contributed by atoms with Crippen LogP contribution in [-0.4, -0.2) is 53.5 Å². The van der Waals surface area contributed by atoms with Crippen molar-refractivity contribution in [3.8, 4) is 0 Å². The van der Waals surface area contributed by atoms with Crippen LogP contribution in [0.4, 0.5) is 0 Å². The third-order valence-electron chi connectivity index (χ3n) is 5.28. The minimum absolute atomic E-state index is 0.194. The standard InChI is InChI=1S/C15H27N3O/c1-11-9-17-7-3-6-14(17)10-18(11)15(19)12-4-2-5-13(16)8-12/h11-14H,2-10,16H2,1H3/t11-,12+,13+,14-/m1/s1. The third kappa shape index (κ3) is 2.65. The fraction of sp³-hybridized carbons (Fsp3) is 0.933. The SMILES string of the molecule is C[C@@H]1CN2CCC[C@@H]2CN1C(=O)[C@H]1CCC[C@H](N)C1. The van der Waals surface area contributed by atoms with E-state index >= 15 is 0 Å². The topological polar surface area (TPSA) is 49.6 Å². The Morgan fingerprint density at radius 3 is 2.79 bits per heavy atom. The minimum Gasteiger partial charge on any atom is -0.337 e. The normalized spacial score (nSPS) is 40.2. The molecule has 1 aliphatic carbocycles. The number of hydrogen-bond donors (Lipinski definition) is 1. The number of carbonyl (C=O) groups is 1. The highest BCUT2D eigenvalue weighted by atomic mass is 16.2. The zero-order chi connectivity index (χ0) is 13.4. The van der Waals surface area contributed by atoms with E-state index in [1.807, 2.05) is 0 Å². The first-order valence-electron chi connectivity index (χ1n) is 7.95. The summed E-state index contributed by atoms with van der Waals surface area (Å²) in [5.41, 5.74) is 6.03. The van der Waals surface area contributed by atoms with E-state index in [0.29, 0.717) is 18.0 Å². The lowest BCUT2D eigenvalue weighted by atomic mass is 9.84. The molecular formula is C15H27N3O. The summed E-state index contributed by atoms with van der Waals surface area (Å²) < 4.78 is 0. The molecule has 0 unspecified atom stereocenters. The highest BCUT2D eigenvalue weighted by molar-refractivity contribution is 5.79. The summed E-state index contributed by atoms with van der Waals surface area (Å²) in [5.74, 6) is 0.577. The quantitative estimate of drug-likeness (QED) is 0.775. The van der Waals surface area contributed by atoms with Crippen LogP contribution < -0.4 is 5.73 Å². The number of hydrogen-bond acceptors (Lipinski definition) is 3. The maximum absolute atomic E-state index is 12.7. The van der Waals surface area contributed by atoms with Crippen LogP contribution in [0.1, 0.15) is 45.4 Å². The van der Waals surface area contributed by atoms with Crippen molar-refractivity contribution in [1.82, 2.24) is 9.80 Å². The van der Waals surface area contributed by atoms with Crippen molar-refractivity contribution in [1.29, 1.82) is 0 Å². The summed E-state index contributed by atoms with van der Waals surface area (Å²) in [6.45, 7) is 5.45. The molecule has 0 aromatic rings. The number of nitrogens with zero attached hydrogens (tertiary/aromatic N) is 2. The van der Waals surface area contributed by atoms with Gasteiger partial charge in [0.25, 0.3) is 0 Å². The van der Waals surface area contributed by atoms with E-state index in [1.165, 1.54) is 19.4 Å². The Hall–Kier alpha value is -0.610. The van der Waals surface area contributed by atoms with Crippen molar-refractivity contribution in [3.63, 3.8) is 0 Å². The van der Waals surface area contributed by atoms with E-state index in [9.17, 15) is 4.79 Å². The lowest BCUT2D eigenvalue weighted by Gasteiger charge is -2.44. The predicted octanol–water partition coefficient (Wildman–Crippen LogP) is 1.20.